The van der Waals surface area contributed by atoms with Crippen molar-refractivity contribution in [2.24, 2.45) is 0 Å². The van der Waals surface area contributed by atoms with Gasteiger partial charge >= 0.3 is 0 Å². The third-order valence-corrected chi connectivity index (χ3v) is 3.74. The molecule has 2 rings (SSSR count). The Morgan fingerprint density at radius 1 is 1.08 bits per heavy atom. The van der Waals surface area contributed by atoms with Crippen LogP contribution in [-0.2, 0) is 4.79 Å². The van der Waals surface area contributed by atoms with Crippen molar-refractivity contribution in [3.05, 3.63) is 58.1 Å². The quantitative estimate of drug-likeness (QED) is 0.846. The molecule has 2 aromatic carbocycles. The summed E-state index contributed by atoms with van der Waals surface area (Å²) in [6.45, 7) is 1.61. The molecule has 0 heterocycles. The van der Waals surface area contributed by atoms with Crippen LogP contribution >= 0.6 is 23.2 Å². The highest BCUT2D eigenvalue weighted by Crippen LogP contribution is 2.28. The molecule has 0 aliphatic rings. The third kappa shape index (κ3) is 4.63. The molecule has 0 fully saturated rings. The Morgan fingerprint density at radius 3 is 2.33 bits per heavy atom. The molecule has 2 amide bonds. The third-order valence-electron chi connectivity index (χ3n) is 3.21. The summed E-state index contributed by atoms with van der Waals surface area (Å²) in [5.41, 5.74) is 1.07. The van der Waals surface area contributed by atoms with Gasteiger partial charge in [0.15, 0.2) is 6.10 Å². The molecule has 0 saturated heterocycles. The van der Waals surface area contributed by atoms with E-state index in [-0.39, 0.29) is 11.8 Å². The maximum atomic E-state index is 12.2. The Balaban J connectivity index is 1.99. The molecule has 2 N–H and O–H groups in total. The highest BCUT2D eigenvalue weighted by atomic mass is 35.5. The van der Waals surface area contributed by atoms with E-state index in [1.807, 2.05) is 0 Å². The van der Waals surface area contributed by atoms with Crippen LogP contribution in [0.2, 0.25) is 10.0 Å². The van der Waals surface area contributed by atoms with Gasteiger partial charge in [-0.25, -0.2) is 0 Å². The number of hydrogen-bond donors (Lipinski definition) is 2. The van der Waals surface area contributed by atoms with E-state index < -0.39 is 6.10 Å². The van der Waals surface area contributed by atoms with Crippen LogP contribution in [-0.4, -0.2) is 25.0 Å². The Kier molecular flexibility index (Phi) is 6.06. The lowest BCUT2D eigenvalue weighted by atomic mass is 10.2. The smallest absolute Gasteiger partial charge is 0.265 e. The zero-order valence-electron chi connectivity index (χ0n) is 13.1. The van der Waals surface area contributed by atoms with Crippen LogP contribution in [0.1, 0.15) is 17.3 Å². The van der Waals surface area contributed by atoms with Crippen LogP contribution in [0.25, 0.3) is 0 Å². The Labute approximate surface area is 149 Å². The first-order valence-corrected chi connectivity index (χ1v) is 7.91. The fraction of sp³-hybridized carbons (Fsp3) is 0.176. The van der Waals surface area contributed by atoms with Gasteiger partial charge in [0.2, 0.25) is 0 Å². The van der Waals surface area contributed by atoms with E-state index in [1.165, 1.54) is 0 Å². The SMILES string of the molecule is CNC(=O)c1ccc(NC(=O)[C@H](C)Oc2ccc(Cl)cc2Cl)cc1. The van der Waals surface area contributed by atoms with Crippen LogP contribution in [0.3, 0.4) is 0 Å². The highest BCUT2D eigenvalue weighted by Gasteiger charge is 2.16. The molecule has 1 atom stereocenters. The van der Waals surface area contributed by atoms with Crippen molar-refractivity contribution >= 4 is 40.7 Å². The fourth-order valence-corrected chi connectivity index (χ4v) is 2.36. The Bertz CT molecular complexity index is 748. The fourth-order valence-electron chi connectivity index (χ4n) is 1.91. The molecule has 126 valence electrons. The van der Waals surface area contributed by atoms with Crippen molar-refractivity contribution in [1.82, 2.24) is 5.32 Å². The maximum Gasteiger partial charge on any atom is 0.265 e. The molecule has 0 radical (unpaired) electrons. The van der Waals surface area contributed by atoms with Crippen LogP contribution < -0.4 is 15.4 Å². The van der Waals surface area contributed by atoms with E-state index in [9.17, 15) is 9.59 Å². The summed E-state index contributed by atoms with van der Waals surface area (Å²) in [5.74, 6) is -0.158. The number of anilines is 1. The minimum atomic E-state index is -0.762. The second-order valence-corrected chi connectivity index (χ2v) is 5.82. The van der Waals surface area contributed by atoms with Crippen LogP contribution in [0.15, 0.2) is 42.5 Å². The number of carbonyl (C=O) groups is 2. The monoisotopic (exact) mass is 366 g/mol. The van der Waals surface area contributed by atoms with Gasteiger partial charge in [0.1, 0.15) is 5.75 Å². The average molecular weight is 367 g/mol. The number of ether oxygens (including phenoxy) is 1. The maximum absolute atomic E-state index is 12.2. The summed E-state index contributed by atoms with van der Waals surface area (Å²) in [7, 11) is 1.55. The van der Waals surface area contributed by atoms with Crippen molar-refractivity contribution in [3.63, 3.8) is 0 Å². The number of carbonyl (C=O) groups excluding carboxylic acids is 2. The van der Waals surface area contributed by atoms with E-state index in [0.717, 1.165) is 0 Å². The number of halogens is 2. The van der Waals surface area contributed by atoms with E-state index in [4.69, 9.17) is 27.9 Å². The first-order valence-electron chi connectivity index (χ1n) is 7.15. The highest BCUT2D eigenvalue weighted by molar-refractivity contribution is 6.35. The number of nitrogens with one attached hydrogen (secondary N) is 2. The predicted molar refractivity (Wildman–Crippen MR) is 95.0 cm³/mol. The Hall–Kier alpha value is -2.24. The van der Waals surface area contributed by atoms with Crippen molar-refractivity contribution in [1.29, 1.82) is 0 Å². The van der Waals surface area contributed by atoms with Crippen LogP contribution in [0.4, 0.5) is 5.69 Å². The summed E-state index contributed by atoms with van der Waals surface area (Å²) in [4.78, 5) is 23.7. The number of benzene rings is 2. The van der Waals surface area contributed by atoms with Gasteiger partial charge in [-0.1, -0.05) is 23.2 Å². The van der Waals surface area contributed by atoms with Gasteiger partial charge in [-0.2, -0.15) is 0 Å². The lowest BCUT2D eigenvalue weighted by molar-refractivity contribution is -0.122. The molecule has 0 saturated carbocycles. The van der Waals surface area contributed by atoms with Gasteiger partial charge in [0.05, 0.1) is 5.02 Å². The summed E-state index contributed by atoms with van der Waals surface area (Å²) in [6, 6.07) is 11.3. The molecule has 24 heavy (non-hydrogen) atoms. The van der Waals surface area contributed by atoms with Crippen molar-refractivity contribution < 1.29 is 14.3 Å². The molecule has 7 heteroatoms. The number of rotatable bonds is 5. The molecule has 0 unspecified atom stereocenters. The molecule has 5 nitrogen and oxygen atoms in total. The average Bonchev–Trinajstić information content (AvgIpc) is 2.57. The summed E-state index contributed by atoms with van der Waals surface area (Å²) in [5, 5.41) is 6.06. The standard InChI is InChI=1S/C17H16Cl2N2O3/c1-10(24-15-8-5-12(18)9-14(15)19)16(22)21-13-6-3-11(4-7-13)17(23)20-2/h3-10H,1-2H3,(H,20,23)(H,21,22)/t10-/m0/s1. The molecular formula is C17H16Cl2N2O3. The van der Waals surface area contributed by atoms with Gasteiger partial charge in [0, 0.05) is 23.3 Å². The van der Waals surface area contributed by atoms with Crippen molar-refractivity contribution in [3.8, 4) is 5.75 Å². The second kappa shape index (κ2) is 8.04. The molecule has 2 aromatic rings. The zero-order chi connectivity index (χ0) is 17.7. The van der Waals surface area contributed by atoms with E-state index in [0.29, 0.717) is 27.0 Å². The molecular weight excluding hydrogens is 351 g/mol. The second-order valence-electron chi connectivity index (χ2n) is 4.98. The lowest BCUT2D eigenvalue weighted by Gasteiger charge is -2.16. The first-order chi connectivity index (χ1) is 11.4. The summed E-state index contributed by atoms with van der Waals surface area (Å²) in [6.07, 6.45) is -0.762. The van der Waals surface area contributed by atoms with Gasteiger partial charge in [0.25, 0.3) is 11.8 Å². The molecule has 0 bridgehead atoms. The van der Waals surface area contributed by atoms with Crippen LogP contribution in [0, 0.1) is 0 Å². The normalized spacial score (nSPS) is 11.5. The van der Waals surface area contributed by atoms with Crippen molar-refractivity contribution in [2.75, 3.05) is 12.4 Å². The number of hydrogen-bond acceptors (Lipinski definition) is 3. The Morgan fingerprint density at radius 2 is 1.75 bits per heavy atom. The summed E-state index contributed by atoms with van der Waals surface area (Å²) >= 11 is 11.8. The molecule has 0 aliphatic carbocycles. The minimum Gasteiger partial charge on any atom is -0.479 e. The predicted octanol–water partition coefficient (Wildman–Crippen LogP) is 3.76. The largest absolute Gasteiger partial charge is 0.479 e. The molecule has 0 aliphatic heterocycles. The van der Waals surface area contributed by atoms with Gasteiger partial charge in [-0.05, 0) is 49.4 Å². The zero-order valence-corrected chi connectivity index (χ0v) is 14.6. The van der Waals surface area contributed by atoms with E-state index in [2.05, 4.69) is 10.6 Å². The van der Waals surface area contributed by atoms with Gasteiger partial charge in [-0.3, -0.25) is 9.59 Å². The van der Waals surface area contributed by atoms with Crippen molar-refractivity contribution in [2.45, 2.75) is 13.0 Å². The topological polar surface area (TPSA) is 67.4 Å². The summed E-state index contributed by atoms with van der Waals surface area (Å²) < 4.78 is 5.55. The van der Waals surface area contributed by atoms with Gasteiger partial charge in [-0.15, -0.1) is 0 Å². The lowest BCUT2D eigenvalue weighted by Crippen LogP contribution is -2.30. The van der Waals surface area contributed by atoms with E-state index in [1.54, 1.807) is 56.4 Å². The van der Waals surface area contributed by atoms with Gasteiger partial charge < -0.3 is 15.4 Å². The molecule has 0 aromatic heterocycles. The van der Waals surface area contributed by atoms with Crippen LogP contribution in [0.5, 0.6) is 5.75 Å². The minimum absolute atomic E-state index is 0.193. The van der Waals surface area contributed by atoms with E-state index >= 15 is 0 Å². The number of amides is 2. The first kappa shape index (κ1) is 18.1. The molecule has 0 spiro atoms.